The summed E-state index contributed by atoms with van der Waals surface area (Å²) in [5.74, 6) is 0.204. The van der Waals surface area contributed by atoms with Crippen LogP contribution in [0.25, 0.3) is 0 Å². The van der Waals surface area contributed by atoms with Gasteiger partial charge in [-0.1, -0.05) is 33.3 Å². The van der Waals surface area contributed by atoms with Gasteiger partial charge in [-0.2, -0.15) is 0 Å². The third kappa shape index (κ3) is 6.17. The first kappa shape index (κ1) is 27.0. The molecule has 1 saturated carbocycles. The maximum absolute atomic E-state index is 13.4. The third-order valence-electron chi connectivity index (χ3n) is 7.22. The van der Waals surface area contributed by atoms with E-state index in [9.17, 15) is 14.7 Å². The number of benzene rings is 1. The maximum atomic E-state index is 13.4. The van der Waals surface area contributed by atoms with Crippen molar-refractivity contribution in [2.45, 2.75) is 64.9 Å². The van der Waals surface area contributed by atoms with Crippen LogP contribution in [0.3, 0.4) is 0 Å². The molecular formula is C27H33BrN6O3S. The normalized spacial score (nSPS) is 20.9. The molecule has 2 aliphatic rings. The van der Waals surface area contributed by atoms with E-state index < -0.39 is 6.10 Å². The lowest BCUT2D eigenvalue weighted by Crippen LogP contribution is -2.57. The highest BCUT2D eigenvalue weighted by molar-refractivity contribution is 9.10. The number of halogens is 1. The highest BCUT2D eigenvalue weighted by Gasteiger charge is 2.34. The molecule has 0 radical (unpaired) electrons. The van der Waals surface area contributed by atoms with E-state index in [-0.39, 0.29) is 29.8 Å². The third-order valence-corrected chi connectivity index (χ3v) is 8.85. The number of thiophene rings is 1. The Kier molecular flexibility index (Phi) is 7.99. The number of anilines is 1. The Hall–Kier alpha value is -2.60. The zero-order valence-corrected chi connectivity index (χ0v) is 24.2. The molecule has 0 spiro atoms. The number of nitrogens with one attached hydrogen (secondary N) is 1. The Morgan fingerprint density at radius 1 is 1.21 bits per heavy atom. The predicted octanol–water partition coefficient (Wildman–Crippen LogP) is 4.23. The molecule has 0 unspecified atom stereocenters. The highest BCUT2D eigenvalue weighted by atomic mass is 79.9. The molecule has 202 valence electrons. The van der Waals surface area contributed by atoms with E-state index in [0.29, 0.717) is 31.1 Å². The first-order chi connectivity index (χ1) is 18.2. The van der Waals surface area contributed by atoms with Crippen molar-refractivity contribution in [3.63, 3.8) is 0 Å². The fourth-order valence-corrected chi connectivity index (χ4v) is 6.45. The summed E-state index contributed by atoms with van der Waals surface area (Å²) in [6, 6.07) is 9.78. The summed E-state index contributed by atoms with van der Waals surface area (Å²) in [6.07, 6.45) is 3.10. The number of amides is 2. The van der Waals surface area contributed by atoms with Crippen molar-refractivity contribution in [2.75, 3.05) is 18.4 Å². The molecule has 1 aliphatic carbocycles. The van der Waals surface area contributed by atoms with Gasteiger partial charge in [-0.15, -0.1) is 16.4 Å². The van der Waals surface area contributed by atoms with Crippen LogP contribution in [-0.4, -0.2) is 66.9 Å². The first-order valence-corrected chi connectivity index (χ1v) is 14.6. The van der Waals surface area contributed by atoms with E-state index in [0.717, 1.165) is 39.1 Å². The second kappa shape index (κ2) is 11.3. The number of piperazine rings is 1. The second-order valence-electron chi connectivity index (χ2n) is 10.5. The number of aliphatic hydroxyl groups excluding tert-OH is 1. The van der Waals surface area contributed by atoms with E-state index in [1.165, 1.54) is 11.3 Å². The molecule has 9 nitrogen and oxygen atoms in total. The number of carbonyl (C=O) groups is 2. The van der Waals surface area contributed by atoms with Gasteiger partial charge in [0.1, 0.15) is 0 Å². The van der Waals surface area contributed by atoms with Crippen LogP contribution in [0.2, 0.25) is 0 Å². The van der Waals surface area contributed by atoms with E-state index in [1.807, 2.05) is 48.4 Å². The van der Waals surface area contributed by atoms with Crippen LogP contribution in [0.1, 0.15) is 59.3 Å². The Morgan fingerprint density at radius 2 is 1.95 bits per heavy atom. The smallest absolute Gasteiger partial charge is 0.264 e. The molecule has 11 heteroatoms. The number of nitrogens with zero attached hydrogens (tertiary/aromatic N) is 5. The summed E-state index contributed by atoms with van der Waals surface area (Å²) in [6.45, 7) is 8.34. The molecule has 3 heterocycles. The van der Waals surface area contributed by atoms with Gasteiger partial charge in [0.05, 0.1) is 28.2 Å². The average molecular weight is 602 g/mol. The van der Waals surface area contributed by atoms with Gasteiger partial charge >= 0.3 is 0 Å². The molecule has 3 atom stereocenters. The first-order valence-electron chi connectivity index (χ1n) is 13.0. The number of aromatic nitrogens is 3. The SMILES string of the molecule is Cc1cc(NC(=O)C2CC2)sc1C(=O)N1C[C@@H](C)N(Cc2cn(C[C@H](O)c3cccc(Br)c3)nn2)[C@@H](C)C1. The summed E-state index contributed by atoms with van der Waals surface area (Å²) < 4.78 is 2.60. The number of rotatable bonds is 8. The molecule has 38 heavy (non-hydrogen) atoms. The number of aliphatic hydroxyl groups is 1. The van der Waals surface area contributed by atoms with Crippen LogP contribution in [0.4, 0.5) is 5.00 Å². The monoisotopic (exact) mass is 600 g/mol. The van der Waals surface area contributed by atoms with Gasteiger partial charge < -0.3 is 15.3 Å². The number of hydrogen-bond donors (Lipinski definition) is 2. The van der Waals surface area contributed by atoms with E-state index in [4.69, 9.17) is 0 Å². The second-order valence-corrected chi connectivity index (χ2v) is 12.4. The molecule has 1 aromatic carbocycles. The van der Waals surface area contributed by atoms with Gasteiger partial charge in [0.2, 0.25) is 5.91 Å². The fraction of sp³-hybridized carbons (Fsp3) is 0.481. The van der Waals surface area contributed by atoms with E-state index in [1.54, 1.807) is 4.68 Å². The Labute approximate surface area is 234 Å². The molecule has 1 aliphatic heterocycles. The van der Waals surface area contributed by atoms with Crippen molar-refractivity contribution >= 4 is 44.1 Å². The van der Waals surface area contributed by atoms with Gasteiger partial charge in [-0.25, -0.2) is 4.68 Å². The van der Waals surface area contributed by atoms with Gasteiger partial charge in [-0.05, 0) is 62.9 Å². The molecule has 0 bridgehead atoms. The van der Waals surface area contributed by atoms with Crippen molar-refractivity contribution in [3.8, 4) is 0 Å². The average Bonchev–Trinajstić information content (AvgIpc) is 3.54. The van der Waals surface area contributed by atoms with Crippen molar-refractivity contribution in [1.82, 2.24) is 24.8 Å². The van der Waals surface area contributed by atoms with Crippen molar-refractivity contribution in [2.24, 2.45) is 5.92 Å². The van der Waals surface area contributed by atoms with Crippen molar-refractivity contribution < 1.29 is 14.7 Å². The lowest BCUT2D eigenvalue weighted by Gasteiger charge is -2.44. The number of carbonyl (C=O) groups excluding carboxylic acids is 2. The van der Waals surface area contributed by atoms with Gasteiger partial charge in [-0.3, -0.25) is 14.5 Å². The molecule has 5 rings (SSSR count). The van der Waals surface area contributed by atoms with Crippen LogP contribution in [0, 0.1) is 12.8 Å². The van der Waals surface area contributed by atoms with Gasteiger partial charge in [0, 0.05) is 48.3 Å². The number of hydrogen-bond acceptors (Lipinski definition) is 7. The molecule has 2 N–H and O–H groups in total. The predicted molar refractivity (Wildman–Crippen MR) is 150 cm³/mol. The standard InChI is InChI=1S/C27H33BrN6O3S/c1-16-9-24(29-26(36)19-7-8-19)38-25(16)27(37)32-11-17(2)34(18(3)12-32)14-22-13-33(31-30-22)15-23(35)20-5-4-6-21(28)10-20/h4-6,9-10,13,17-19,23,35H,7-8,11-12,14-15H2,1-3H3,(H,29,36)/t17-,18+,23-/m0/s1. The Balaban J connectivity index is 1.18. The maximum Gasteiger partial charge on any atom is 0.264 e. The summed E-state index contributed by atoms with van der Waals surface area (Å²) >= 11 is 4.81. The molecule has 1 saturated heterocycles. The largest absolute Gasteiger partial charge is 0.386 e. The zero-order valence-electron chi connectivity index (χ0n) is 21.8. The molecule has 2 aromatic heterocycles. The van der Waals surface area contributed by atoms with Crippen LogP contribution in [0.15, 0.2) is 41.0 Å². The minimum atomic E-state index is -0.683. The zero-order chi connectivity index (χ0) is 27.0. The lowest BCUT2D eigenvalue weighted by molar-refractivity contribution is -0.117. The Bertz CT molecular complexity index is 1310. The molecule has 3 aromatic rings. The van der Waals surface area contributed by atoms with Crippen LogP contribution in [-0.2, 0) is 17.9 Å². The fourth-order valence-electron chi connectivity index (χ4n) is 4.99. The van der Waals surface area contributed by atoms with E-state index in [2.05, 4.69) is 50.3 Å². The minimum absolute atomic E-state index is 0.0188. The van der Waals surface area contributed by atoms with Crippen LogP contribution in [0.5, 0.6) is 0 Å². The van der Waals surface area contributed by atoms with Gasteiger partial charge in [0.25, 0.3) is 5.91 Å². The van der Waals surface area contributed by atoms with E-state index >= 15 is 0 Å². The summed E-state index contributed by atoms with van der Waals surface area (Å²) in [5.41, 5.74) is 2.54. The van der Waals surface area contributed by atoms with Crippen molar-refractivity contribution in [1.29, 1.82) is 0 Å². The van der Waals surface area contributed by atoms with Crippen LogP contribution >= 0.6 is 27.3 Å². The number of aryl methyl sites for hydroxylation is 1. The topological polar surface area (TPSA) is 104 Å². The van der Waals surface area contributed by atoms with Gasteiger partial charge in [0.15, 0.2) is 0 Å². The van der Waals surface area contributed by atoms with Crippen molar-refractivity contribution in [3.05, 3.63) is 62.7 Å². The lowest BCUT2D eigenvalue weighted by atomic mass is 10.1. The Morgan fingerprint density at radius 3 is 2.63 bits per heavy atom. The molecule has 2 amide bonds. The highest BCUT2D eigenvalue weighted by Crippen LogP contribution is 2.33. The summed E-state index contributed by atoms with van der Waals surface area (Å²) in [7, 11) is 0. The molecule has 2 fully saturated rings. The quantitative estimate of drug-likeness (QED) is 0.401. The van der Waals surface area contributed by atoms with Crippen LogP contribution < -0.4 is 5.32 Å². The summed E-state index contributed by atoms with van der Waals surface area (Å²) in [4.78, 5) is 30.5. The molecular weight excluding hydrogens is 568 g/mol. The minimum Gasteiger partial charge on any atom is -0.386 e. The summed E-state index contributed by atoms with van der Waals surface area (Å²) in [5, 5.41) is 22.9.